The molecule has 0 saturated carbocycles. The molecule has 0 spiro atoms. The SMILES string of the molecule is CCOC(=O)C(C)NCc1occc1C. The van der Waals surface area contributed by atoms with Crippen molar-refractivity contribution in [1.82, 2.24) is 5.32 Å². The Bertz CT molecular complexity index is 319. The fraction of sp³-hybridized carbons (Fsp3) is 0.545. The van der Waals surface area contributed by atoms with E-state index < -0.39 is 0 Å². The Balaban J connectivity index is 2.37. The zero-order valence-electron chi connectivity index (χ0n) is 9.37. The van der Waals surface area contributed by atoms with E-state index in [1.807, 2.05) is 13.0 Å². The highest BCUT2D eigenvalue weighted by Gasteiger charge is 2.13. The first-order valence-corrected chi connectivity index (χ1v) is 5.08. The van der Waals surface area contributed by atoms with E-state index in [1.165, 1.54) is 0 Å². The van der Waals surface area contributed by atoms with Gasteiger partial charge in [-0.2, -0.15) is 0 Å². The van der Waals surface area contributed by atoms with Crippen molar-refractivity contribution in [2.45, 2.75) is 33.4 Å². The van der Waals surface area contributed by atoms with E-state index in [9.17, 15) is 4.79 Å². The van der Waals surface area contributed by atoms with Crippen molar-refractivity contribution < 1.29 is 13.9 Å². The molecule has 1 unspecified atom stereocenters. The van der Waals surface area contributed by atoms with Gasteiger partial charge < -0.3 is 9.15 Å². The second kappa shape index (κ2) is 5.56. The molecular weight excluding hydrogens is 194 g/mol. The number of hydrogen-bond acceptors (Lipinski definition) is 4. The summed E-state index contributed by atoms with van der Waals surface area (Å²) < 4.78 is 10.1. The van der Waals surface area contributed by atoms with Crippen molar-refractivity contribution in [3.63, 3.8) is 0 Å². The molecule has 1 aromatic heterocycles. The van der Waals surface area contributed by atoms with Crippen LogP contribution in [0.1, 0.15) is 25.2 Å². The number of ether oxygens (including phenoxy) is 1. The highest BCUT2D eigenvalue weighted by molar-refractivity contribution is 5.75. The maximum absolute atomic E-state index is 11.3. The van der Waals surface area contributed by atoms with Crippen LogP contribution in [0.25, 0.3) is 0 Å². The molecule has 0 aliphatic carbocycles. The molecule has 0 saturated heterocycles. The largest absolute Gasteiger partial charge is 0.468 e. The van der Waals surface area contributed by atoms with Crippen LogP contribution in [0.3, 0.4) is 0 Å². The van der Waals surface area contributed by atoms with Gasteiger partial charge in [-0.25, -0.2) is 0 Å². The quantitative estimate of drug-likeness (QED) is 0.752. The maximum atomic E-state index is 11.3. The van der Waals surface area contributed by atoms with E-state index in [0.29, 0.717) is 13.2 Å². The molecule has 0 aliphatic rings. The van der Waals surface area contributed by atoms with Crippen molar-refractivity contribution in [3.8, 4) is 0 Å². The summed E-state index contributed by atoms with van der Waals surface area (Å²) in [4.78, 5) is 11.3. The van der Waals surface area contributed by atoms with Crippen LogP contribution in [-0.4, -0.2) is 18.6 Å². The minimum atomic E-state index is -0.311. The molecule has 15 heavy (non-hydrogen) atoms. The Hall–Kier alpha value is -1.29. The fourth-order valence-electron chi connectivity index (χ4n) is 1.18. The van der Waals surface area contributed by atoms with Gasteiger partial charge in [0.25, 0.3) is 0 Å². The van der Waals surface area contributed by atoms with E-state index in [0.717, 1.165) is 11.3 Å². The summed E-state index contributed by atoms with van der Waals surface area (Å²) in [6.45, 7) is 6.48. The minimum absolute atomic E-state index is 0.235. The smallest absolute Gasteiger partial charge is 0.322 e. The third kappa shape index (κ3) is 3.40. The Kier molecular flexibility index (Phi) is 4.37. The lowest BCUT2D eigenvalue weighted by atomic mass is 10.2. The lowest BCUT2D eigenvalue weighted by Crippen LogP contribution is -2.34. The number of carbonyl (C=O) groups excluding carboxylic acids is 1. The minimum Gasteiger partial charge on any atom is -0.468 e. The Morgan fingerprint density at radius 2 is 2.40 bits per heavy atom. The molecule has 0 aromatic carbocycles. The molecule has 1 aromatic rings. The van der Waals surface area contributed by atoms with Gasteiger partial charge in [0.1, 0.15) is 11.8 Å². The van der Waals surface area contributed by atoms with Crippen molar-refractivity contribution in [1.29, 1.82) is 0 Å². The zero-order valence-corrected chi connectivity index (χ0v) is 9.37. The molecule has 0 fully saturated rings. The monoisotopic (exact) mass is 211 g/mol. The van der Waals surface area contributed by atoms with E-state index in [1.54, 1.807) is 20.1 Å². The molecule has 0 bridgehead atoms. The molecule has 1 heterocycles. The normalized spacial score (nSPS) is 12.5. The number of rotatable bonds is 5. The lowest BCUT2D eigenvalue weighted by molar-refractivity contribution is -0.145. The highest BCUT2D eigenvalue weighted by Crippen LogP contribution is 2.08. The Morgan fingerprint density at radius 1 is 1.67 bits per heavy atom. The van der Waals surface area contributed by atoms with Crippen LogP contribution < -0.4 is 5.32 Å². The predicted octanol–water partition coefficient (Wildman–Crippen LogP) is 1.63. The first kappa shape index (κ1) is 11.8. The van der Waals surface area contributed by atoms with Gasteiger partial charge in [0.15, 0.2) is 0 Å². The second-order valence-electron chi connectivity index (χ2n) is 3.38. The first-order valence-electron chi connectivity index (χ1n) is 5.08. The van der Waals surface area contributed by atoms with Crippen LogP contribution in [0.15, 0.2) is 16.7 Å². The van der Waals surface area contributed by atoms with Crippen molar-refractivity contribution in [2.75, 3.05) is 6.61 Å². The van der Waals surface area contributed by atoms with E-state index >= 15 is 0 Å². The number of nitrogens with one attached hydrogen (secondary N) is 1. The van der Waals surface area contributed by atoms with E-state index in [-0.39, 0.29) is 12.0 Å². The number of hydrogen-bond donors (Lipinski definition) is 1. The van der Waals surface area contributed by atoms with Gasteiger partial charge >= 0.3 is 5.97 Å². The molecule has 1 N–H and O–H groups in total. The van der Waals surface area contributed by atoms with Gasteiger partial charge in [-0.1, -0.05) is 0 Å². The third-order valence-electron chi connectivity index (χ3n) is 2.18. The van der Waals surface area contributed by atoms with Crippen molar-refractivity contribution in [3.05, 3.63) is 23.7 Å². The molecule has 0 radical (unpaired) electrons. The van der Waals surface area contributed by atoms with E-state index in [2.05, 4.69) is 5.32 Å². The summed E-state index contributed by atoms with van der Waals surface area (Å²) in [6.07, 6.45) is 1.64. The lowest BCUT2D eigenvalue weighted by Gasteiger charge is -2.11. The van der Waals surface area contributed by atoms with Crippen LogP contribution >= 0.6 is 0 Å². The summed E-state index contributed by atoms with van der Waals surface area (Å²) >= 11 is 0. The Morgan fingerprint density at radius 3 is 2.93 bits per heavy atom. The van der Waals surface area contributed by atoms with Gasteiger partial charge in [0, 0.05) is 0 Å². The average Bonchev–Trinajstić information content (AvgIpc) is 2.61. The summed E-state index contributed by atoms with van der Waals surface area (Å²) in [7, 11) is 0. The standard InChI is InChI=1S/C11H17NO3/c1-4-14-11(13)9(3)12-7-10-8(2)5-6-15-10/h5-6,9,12H,4,7H2,1-3H3. The highest BCUT2D eigenvalue weighted by atomic mass is 16.5. The predicted molar refractivity (Wildman–Crippen MR) is 56.4 cm³/mol. The number of furan rings is 1. The van der Waals surface area contributed by atoms with Gasteiger partial charge in [0.05, 0.1) is 19.4 Å². The molecule has 84 valence electrons. The summed E-state index contributed by atoms with van der Waals surface area (Å²) in [5.41, 5.74) is 1.08. The molecule has 4 nitrogen and oxygen atoms in total. The van der Waals surface area contributed by atoms with Crippen molar-refractivity contribution in [2.24, 2.45) is 0 Å². The number of aryl methyl sites for hydroxylation is 1. The van der Waals surface area contributed by atoms with Gasteiger partial charge in [0.2, 0.25) is 0 Å². The van der Waals surface area contributed by atoms with Gasteiger partial charge in [-0.05, 0) is 32.4 Å². The van der Waals surface area contributed by atoms with Crippen LogP contribution in [-0.2, 0) is 16.1 Å². The summed E-state index contributed by atoms with van der Waals surface area (Å²) in [5.74, 6) is 0.618. The molecule has 1 atom stereocenters. The zero-order chi connectivity index (χ0) is 11.3. The summed E-state index contributed by atoms with van der Waals surface area (Å²) in [6, 6.07) is 1.58. The number of esters is 1. The second-order valence-corrected chi connectivity index (χ2v) is 3.38. The molecule has 0 amide bonds. The number of carbonyl (C=O) groups is 1. The van der Waals surface area contributed by atoms with Crippen LogP contribution in [0, 0.1) is 6.92 Å². The molecule has 4 heteroatoms. The fourth-order valence-corrected chi connectivity index (χ4v) is 1.18. The Labute approximate surface area is 89.6 Å². The van der Waals surface area contributed by atoms with E-state index in [4.69, 9.17) is 9.15 Å². The van der Waals surface area contributed by atoms with Crippen molar-refractivity contribution >= 4 is 5.97 Å². The third-order valence-corrected chi connectivity index (χ3v) is 2.18. The average molecular weight is 211 g/mol. The maximum Gasteiger partial charge on any atom is 0.322 e. The molecule has 0 aliphatic heterocycles. The van der Waals surface area contributed by atoms with Gasteiger partial charge in [-0.3, -0.25) is 10.1 Å². The van der Waals surface area contributed by atoms with Gasteiger partial charge in [-0.15, -0.1) is 0 Å². The van der Waals surface area contributed by atoms with Crippen LogP contribution in [0.4, 0.5) is 0 Å². The summed E-state index contributed by atoms with van der Waals surface area (Å²) in [5, 5.41) is 3.04. The molecular formula is C11H17NO3. The van der Waals surface area contributed by atoms with Crippen LogP contribution in [0.2, 0.25) is 0 Å². The van der Waals surface area contributed by atoms with Crippen LogP contribution in [0.5, 0.6) is 0 Å². The first-order chi connectivity index (χ1) is 7.15. The topological polar surface area (TPSA) is 51.5 Å². The molecule has 1 rings (SSSR count).